The largest absolute Gasteiger partial charge is 0.492 e. The van der Waals surface area contributed by atoms with E-state index in [0.717, 1.165) is 44.8 Å². The predicted octanol–water partition coefficient (Wildman–Crippen LogP) is -0.809. The molecule has 4 aromatic carbocycles. The number of unbranched alkanes of at least 4 members (excludes halogenated alkanes) is 2. The molecule has 0 saturated carbocycles. The summed E-state index contributed by atoms with van der Waals surface area (Å²) in [7, 11) is 1.82. The molecule has 12 atom stereocenters. The Morgan fingerprint density at radius 2 is 1.17 bits per heavy atom. The van der Waals surface area contributed by atoms with Gasteiger partial charge in [-0.2, -0.15) is 0 Å². The number of primary amides is 3. The van der Waals surface area contributed by atoms with E-state index in [9.17, 15) is 53.1 Å². The maximum Gasteiger partial charge on any atom is 0.312 e. The van der Waals surface area contributed by atoms with Crippen molar-refractivity contribution < 1.29 is 91.4 Å². The van der Waals surface area contributed by atoms with E-state index in [2.05, 4.69) is 79.4 Å². The van der Waals surface area contributed by atoms with Crippen molar-refractivity contribution in [3.63, 3.8) is 0 Å². The second-order valence-electron chi connectivity index (χ2n) is 32.9. The fraction of sp³-hybridized carbons (Fsp3) is 0.523. The highest BCUT2D eigenvalue weighted by molar-refractivity contribution is 8.77. The molecular weight excluding hydrogens is 1680 g/mol. The molecule has 41 heteroatoms. The molecule has 5 aromatic rings. The average molecular weight is 1810 g/mol. The Bertz CT molecular complexity index is 4740. The lowest BCUT2D eigenvalue weighted by atomic mass is 9.91. The van der Waals surface area contributed by atoms with E-state index in [4.69, 9.17) is 33.4 Å². The van der Waals surface area contributed by atoms with Crippen LogP contribution in [0.4, 0.5) is 4.79 Å². The Kier molecular flexibility index (Phi) is 40.7. The van der Waals surface area contributed by atoms with Crippen LogP contribution in [0.1, 0.15) is 162 Å². The van der Waals surface area contributed by atoms with Gasteiger partial charge in [-0.25, -0.2) is 4.79 Å². The van der Waals surface area contributed by atoms with Gasteiger partial charge in [0.05, 0.1) is 6.10 Å². The van der Waals surface area contributed by atoms with Crippen LogP contribution in [-0.4, -0.2) is 231 Å². The quantitative estimate of drug-likeness (QED) is 0.0168. The van der Waals surface area contributed by atoms with Crippen molar-refractivity contribution in [3.8, 4) is 5.75 Å². The second-order valence-corrected chi connectivity index (χ2v) is 36.3. The molecule has 1 aliphatic heterocycles. The van der Waals surface area contributed by atoms with E-state index in [-0.39, 0.29) is 103 Å². The number of aliphatic hydroxyl groups excluding tert-OH is 1. The Balaban J connectivity index is 1.53. The van der Waals surface area contributed by atoms with Crippen LogP contribution in [0, 0.1) is 6.92 Å². The van der Waals surface area contributed by atoms with Crippen LogP contribution in [0.2, 0.25) is 0 Å². The zero-order valence-corrected chi connectivity index (χ0v) is 75.0. The number of ether oxygens (including phenoxy) is 1. The Morgan fingerprint density at radius 3 is 1.82 bits per heavy atom. The van der Waals surface area contributed by atoms with Crippen molar-refractivity contribution >= 4 is 144 Å². The number of ketones is 1. The summed E-state index contributed by atoms with van der Waals surface area (Å²) in [5.41, 5.74) is 29.0. The van der Waals surface area contributed by atoms with Crippen LogP contribution >= 0.6 is 21.6 Å². The van der Waals surface area contributed by atoms with Gasteiger partial charge in [-0.1, -0.05) is 94.4 Å². The van der Waals surface area contributed by atoms with Gasteiger partial charge in [-0.05, 0) is 165 Å². The minimum atomic E-state index is -1.99. The third-order valence-electron chi connectivity index (χ3n) is 21.1. The predicted molar refractivity (Wildman–Crippen MR) is 478 cm³/mol. The van der Waals surface area contributed by atoms with Crippen LogP contribution in [0.3, 0.4) is 0 Å². The molecule has 26 N–H and O–H groups in total. The number of para-hydroxylation sites is 1. The summed E-state index contributed by atoms with van der Waals surface area (Å²) in [5.74, 6) is -14.1. The molecule has 17 amide bonds. The third kappa shape index (κ3) is 33.4. The number of nitrogens with two attached hydrogens (primary N) is 5. The molecule has 0 spiro atoms. The van der Waals surface area contributed by atoms with Crippen LogP contribution in [-0.2, 0) is 96.0 Å². The number of fused-ring (bicyclic) bond motifs is 2. The highest BCUT2D eigenvalue weighted by Crippen LogP contribution is 2.47. The summed E-state index contributed by atoms with van der Waals surface area (Å²) in [6.45, 7) is 14.4. The number of carbonyl (C=O) groups excluding carboxylic acids is 17. The number of urea groups is 1. The average Bonchev–Trinajstić information content (AvgIpc) is 1.78. The minimum absolute atomic E-state index is 0.0203. The molecule has 0 bridgehead atoms. The van der Waals surface area contributed by atoms with Gasteiger partial charge in [0.15, 0.2) is 0 Å². The van der Waals surface area contributed by atoms with Crippen LogP contribution < -0.4 is 108 Å². The van der Waals surface area contributed by atoms with E-state index < -0.39 is 202 Å². The number of aromatic nitrogens is 1. The number of aromatic amines is 1. The fourth-order valence-electron chi connectivity index (χ4n) is 14.0. The molecule has 1 aliphatic rings. The molecule has 6 rings (SSSR count). The van der Waals surface area contributed by atoms with Crippen molar-refractivity contribution in [2.45, 2.75) is 247 Å². The first-order valence-electron chi connectivity index (χ1n) is 42.1. The number of aliphatic hydroxyl groups is 1. The maximum atomic E-state index is 16.3. The summed E-state index contributed by atoms with van der Waals surface area (Å²) in [5, 5.41) is 50.8. The number of Topliss-reactive ketones (excluding diaryl/α,β-unsaturated/α-hetero) is 1. The first kappa shape index (κ1) is 104. The van der Waals surface area contributed by atoms with E-state index in [1.165, 1.54) is 41.5 Å². The van der Waals surface area contributed by atoms with Gasteiger partial charge in [0.2, 0.25) is 88.6 Å². The summed E-state index contributed by atoms with van der Waals surface area (Å²) in [6, 6.07) is 6.45. The Hall–Kier alpha value is -11.9. The highest BCUT2D eigenvalue weighted by Gasteiger charge is 2.47. The van der Waals surface area contributed by atoms with Gasteiger partial charge in [0, 0.05) is 105 Å². The number of nitrogens with one attached hydrogen (secondary N) is 15. The van der Waals surface area contributed by atoms with E-state index in [1.807, 2.05) is 31.2 Å². The number of hydrogen-bond donors (Lipinski definition) is 21. The molecule has 1 saturated heterocycles. The van der Waals surface area contributed by atoms with Gasteiger partial charge < -0.3 is 118 Å². The van der Waals surface area contributed by atoms with Gasteiger partial charge in [0.1, 0.15) is 84.1 Å². The lowest BCUT2D eigenvalue weighted by Gasteiger charge is -2.39. The lowest BCUT2D eigenvalue weighted by Crippen LogP contribution is -2.65. The van der Waals surface area contributed by atoms with Crippen molar-refractivity contribution in [1.82, 2.24) is 79.4 Å². The Morgan fingerprint density at radius 1 is 0.567 bits per heavy atom. The van der Waals surface area contributed by atoms with E-state index >= 15 is 33.6 Å². The highest BCUT2D eigenvalue weighted by atomic mass is 33.1. The Labute approximate surface area is 744 Å². The molecule has 694 valence electrons. The summed E-state index contributed by atoms with van der Waals surface area (Å²) < 4.78 is 2.57. The monoisotopic (exact) mass is 1800 g/mol. The number of H-pyrrole nitrogens is 1. The van der Waals surface area contributed by atoms with Gasteiger partial charge in [-0.3, -0.25) is 76.7 Å². The third-order valence-corrected chi connectivity index (χ3v) is 25.3. The van der Waals surface area contributed by atoms with Gasteiger partial charge in [-0.15, -0.1) is 0 Å². The molecule has 0 aliphatic carbocycles. The van der Waals surface area contributed by atoms with Crippen LogP contribution in [0.15, 0.2) is 91.1 Å². The normalized spacial score (nSPS) is 19.1. The number of amides is 17. The van der Waals surface area contributed by atoms with Gasteiger partial charge in [0.25, 0.3) is 0 Å². The number of hydrogen-bond acceptors (Lipinski definition) is 23. The zero-order valence-electron chi connectivity index (χ0n) is 73.4. The molecule has 0 radical (unpaired) electrons. The molecule has 127 heavy (non-hydrogen) atoms. The fourth-order valence-corrected chi connectivity index (χ4v) is 16.9. The number of carbonyl (C=O) groups is 17. The second kappa shape index (κ2) is 49.8. The molecular formula is C86H124N20O19S2. The molecule has 0 unspecified atom stereocenters. The topological polar surface area (TPSA) is 634 Å². The van der Waals surface area contributed by atoms with Crippen molar-refractivity contribution in [2.75, 3.05) is 39.3 Å². The number of aryl methyl sites for hydroxylation is 1. The smallest absolute Gasteiger partial charge is 0.312 e. The molecule has 2 heterocycles. The van der Waals surface area contributed by atoms with E-state index in [1.54, 1.807) is 80.7 Å². The van der Waals surface area contributed by atoms with Crippen molar-refractivity contribution in [3.05, 3.63) is 113 Å². The van der Waals surface area contributed by atoms with Gasteiger partial charge >= 0.3 is 6.03 Å². The minimum Gasteiger partial charge on any atom is -0.492 e. The number of rotatable bonds is 43. The van der Waals surface area contributed by atoms with Crippen molar-refractivity contribution in [1.29, 1.82) is 0 Å². The molecule has 39 nitrogen and oxygen atoms in total. The standard InChI is InChI=1S/C86H124N20O19S2/c1-47-19-17-22-58-56(46-95-68(47)58)45-65-77(118)97-61(31-32-66(89)111)75(116)105-71(85(8,9)127-126-84(6,7)70(96-51(5)110)80(121)98-59(24-18-38-94-83(91)124)74(115)104-69(49(3)108)79(120)101-65)81(122)102-63(43-52-26-29-57(30-27-52)125-40-36-88)76(117)100-64(44-53-25-28-54-20-11-12-21-55(54)42-53)78(119)106-86(10,34-14-15-35-87)82(123)103-60(23-13-16-37-92-50(4)109)73(114)99-62(41-48(2)107)72(113)93-39-33-67(90)112/h11-12,17,19-22,25-30,42,46,49,59-65,69-71,95,108H,13-16,18,23-24,31-41,43-45,87-88H2,1-10H3,(H2,89,111)(H2,90,112)(H,92,109)(H,93,113)(H,96,110)(H,97,118)(H,98,121)(H,99,114)(H,100,117)(H,101,120)(H,102,122)(H,103,123)(H,104,115)(H,105,116)(H,106,119)(H3,91,94,124)/t49-,59+,60+,61+,62+,63+,64+,65+,69+,70-,71-,86+/m1/s1. The zero-order chi connectivity index (χ0) is 94.0. The number of benzene rings is 4. The first-order chi connectivity index (χ1) is 59.9. The van der Waals surface area contributed by atoms with Crippen molar-refractivity contribution in [2.24, 2.45) is 28.7 Å². The lowest BCUT2D eigenvalue weighted by molar-refractivity contribution is -0.138. The maximum absolute atomic E-state index is 16.3. The molecule has 1 fully saturated rings. The summed E-state index contributed by atoms with van der Waals surface area (Å²) in [4.78, 5) is 245. The first-order valence-corrected chi connectivity index (χ1v) is 44.2. The molecule has 1 aromatic heterocycles. The summed E-state index contributed by atoms with van der Waals surface area (Å²) in [6.07, 6.45) is -2.63. The summed E-state index contributed by atoms with van der Waals surface area (Å²) >= 11 is 0. The van der Waals surface area contributed by atoms with Crippen LogP contribution in [0.25, 0.3) is 21.7 Å². The van der Waals surface area contributed by atoms with Crippen LogP contribution in [0.5, 0.6) is 5.75 Å². The van der Waals surface area contributed by atoms with E-state index in [0.29, 0.717) is 46.2 Å². The SMILES string of the molecule is CC(=O)C[C@H](NC(=O)[C@H](CCCCNC(C)=O)NC(=O)[C@](C)(CCCCN)NC(=O)[C@H](Cc1ccc2ccccc2c1)NC(=O)[C@H](Cc1ccc(OCCN)cc1)NC(=O)[C@H]1NC(=O)[C@H](CCC(N)=O)NC(=O)[C@H](Cc2c[nH]c3c(C)cccc23)NC(=O)[C@H]([C@@H](C)O)NC(=O)[C@H](CCCNC(N)=O)NC(=O)[C@@H](NC(C)=O)C(C)(C)SSC1(C)C)C(=O)NCCC(N)=O.